The van der Waals surface area contributed by atoms with Gasteiger partial charge in [0.15, 0.2) is 6.10 Å². The van der Waals surface area contributed by atoms with E-state index in [1.807, 2.05) is 18.7 Å². The molecule has 1 aliphatic heterocycles. The van der Waals surface area contributed by atoms with E-state index in [1.54, 1.807) is 6.92 Å². The van der Waals surface area contributed by atoms with Gasteiger partial charge in [0.2, 0.25) is 0 Å². The van der Waals surface area contributed by atoms with E-state index in [-0.39, 0.29) is 23.7 Å². The summed E-state index contributed by atoms with van der Waals surface area (Å²) in [6.07, 6.45) is 4.86. The predicted octanol–water partition coefficient (Wildman–Crippen LogP) is 3.33. The summed E-state index contributed by atoms with van der Waals surface area (Å²) in [7, 11) is 0. The Morgan fingerprint density at radius 2 is 1.81 bits per heavy atom. The number of non-ortho nitro benzene ring substituents is 1. The van der Waals surface area contributed by atoms with Crippen molar-refractivity contribution in [3.63, 3.8) is 0 Å². The molecule has 26 heavy (non-hydrogen) atoms. The van der Waals surface area contributed by atoms with Gasteiger partial charge < -0.3 is 9.64 Å². The molecule has 1 aliphatic rings. The number of likely N-dealkylation sites (tertiary alicyclic amines) is 1. The Balaban J connectivity index is 1.93. The molecule has 0 unspecified atom stereocenters. The van der Waals surface area contributed by atoms with Crippen LogP contribution in [-0.2, 0) is 14.3 Å². The molecule has 1 amide bonds. The number of amides is 1. The molecule has 0 N–H and O–H groups in total. The SMILES string of the molecule is C[C@@H](OC(=O)/C=C/c1ccc([N+](=O)[O-])cc1)C(=O)N1[C@@H](C)CCC[C@@H]1C. The molecule has 1 heterocycles. The van der Waals surface area contributed by atoms with Crippen molar-refractivity contribution >= 4 is 23.6 Å². The molecule has 1 aromatic carbocycles. The van der Waals surface area contributed by atoms with Crippen LogP contribution in [0.1, 0.15) is 45.6 Å². The number of nitro groups is 1. The van der Waals surface area contributed by atoms with Gasteiger partial charge in [0.1, 0.15) is 0 Å². The molecule has 7 nitrogen and oxygen atoms in total. The summed E-state index contributed by atoms with van der Waals surface area (Å²) in [5.74, 6) is -0.802. The van der Waals surface area contributed by atoms with E-state index in [1.165, 1.54) is 36.4 Å². The highest BCUT2D eigenvalue weighted by Gasteiger charge is 2.32. The lowest BCUT2D eigenvalue weighted by Gasteiger charge is -2.40. The van der Waals surface area contributed by atoms with Gasteiger partial charge in [-0.1, -0.05) is 0 Å². The van der Waals surface area contributed by atoms with Crippen molar-refractivity contribution in [2.24, 2.45) is 0 Å². The Morgan fingerprint density at radius 3 is 2.35 bits per heavy atom. The minimum absolute atomic E-state index is 0.0197. The number of benzene rings is 1. The van der Waals surface area contributed by atoms with Crippen molar-refractivity contribution < 1.29 is 19.2 Å². The van der Waals surface area contributed by atoms with Crippen LogP contribution >= 0.6 is 0 Å². The molecule has 140 valence electrons. The van der Waals surface area contributed by atoms with Crippen LogP contribution in [-0.4, -0.2) is 39.9 Å². The zero-order chi connectivity index (χ0) is 19.3. The Hall–Kier alpha value is -2.70. The fraction of sp³-hybridized carbons (Fsp3) is 0.474. The maximum atomic E-state index is 12.6. The number of esters is 1. The van der Waals surface area contributed by atoms with Gasteiger partial charge in [-0.2, -0.15) is 0 Å². The Morgan fingerprint density at radius 1 is 1.23 bits per heavy atom. The number of rotatable bonds is 5. The summed E-state index contributed by atoms with van der Waals surface area (Å²) < 4.78 is 5.22. The molecule has 0 bridgehead atoms. The second kappa shape index (κ2) is 8.60. The maximum Gasteiger partial charge on any atom is 0.331 e. The first kappa shape index (κ1) is 19.6. The van der Waals surface area contributed by atoms with Crippen LogP contribution < -0.4 is 0 Å². The summed E-state index contributed by atoms with van der Waals surface area (Å²) in [5, 5.41) is 10.6. The average Bonchev–Trinajstić information content (AvgIpc) is 2.60. The Kier molecular flexibility index (Phi) is 6.49. The van der Waals surface area contributed by atoms with Gasteiger partial charge in [0.25, 0.3) is 11.6 Å². The van der Waals surface area contributed by atoms with Crippen LogP contribution in [0, 0.1) is 10.1 Å². The number of hydrogen-bond acceptors (Lipinski definition) is 5. The predicted molar refractivity (Wildman–Crippen MR) is 97.3 cm³/mol. The first-order valence-corrected chi connectivity index (χ1v) is 8.75. The minimum Gasteiger partial charge on any atom is -0.449 e. The highest BCUT2D eigenvalue weighted by Crippen LogP contribution is 2.23. The van der Waals surface area contributed by atoms with Crippen LogP contribution in [0.5, 0.6) is 0 Å². The topological polar surface area (TPSA) is 89.7 Å². The van der Waals surface area contributed by atoms with Crippen LogP contribution in [0.3, 0.4) is 0 Å². The van der Waals surface area contributed by atoms with Crippen molar-refractivity contribution in [2.75, 3.05) is 0 Å². The average molecular weight is 360 g/mol. The van der Waals surface area contributed by atoms with Crippen molar-refractivity contribution in [1.82, 2.24) is 4.90 Å². The van der Waals surface area contributed by atoms with Crippen LogP contribution in [0.4, 0.5) is 5.69 Å². The standard InChI is InChI=1S/C19H24N2O5/c1-13-5-4-6-14(2)20(13)19(23)15(3)26-18(22)12-9-16-7-10-17(11-8-16)21(24)25/h7-15H,4-6H2,1-3H3/b12-9+/t13-,14-,15+/m0/s1. The van der Waals surface area contributed by atoms with E-state index in [0.717, 1.165) is 19.3 Å². The Bertz CT molecular complexity index is 688. The van der Waals surface area contributed by atoms with Crippen LogP contribution in [0.2, 0.25) is 0 Å². The molecule has 0 aliphatic carbocycles. The van der Waals surface area contributed by atoms with Crippen molar-refractivity contribution in [1.29, 1.82) is 0 Å². The minimum atomic E-state index is -0.855. The molecule has 2 rings (SSSR count). The molecule has 1 saturated heterocycles. The van der Waals surface area contributed by atoms with Crippen molar-refractivity contribution in [3.05, 3.63) is 46.0 Å². The lowest BCUT2D eigenvalue weighted by atomic mass is 9.97. The molecule has 0 spiro atoms. The van der Waals surface area contributed by atoms with Crippen LogP contribution in [0.25, 0.3) is 6.08 Å². The van der Waals surface area contributed by atoms with Crippen molar-refractivity contribution in [3.8, 4) is 0 Å². The molecular formula is C19H24N2O5. The van der Waals surface area contributed by atoms with E-state index in [2.05, 4.69) is 0 Å². The summed E-state index contributed by atoms with van der Waals surface area (Å²) in [4.78, 5) is 36.5. The van der Waals surface area contributed by atoms with Crippen molar-refractivity contribution in [2.45, 2.75) is 58.2 Å². The second-order valence-corrected chi connectivity index (χ2v) is 6.64. The molecule has 1 fully saturated rings. The number of nitro benzene ring substituents is 1. The summed E-state index contributed by atoms with van der Waals surface area (Å²) >= 11 is 0. The smallest absolute Gasteiger partial charge is 0.331 e. The van der Waals surface area contributed by atoms with E-state index in [4.69, 9.17) is 4.74 Å². The Labute approximate surface area is 152 Å². The quantitative estimate of drug-likeness (QED) is 0.348. The lowest BCUT2D eigenvalue weighted by Crippen LogP contribution is -2.51. The number of nitrogens with zero attached hydrogens (tertiary/aromatic N) is 2. The van der Waals surface area contributed by atoms with Gasteiger partial charge in [-0.05, 0) is 63.8 Å². The van der Waals surface area contributed by atoms with Gasteiger partial charge in [-0.25, -0.2) is 4.79 Å². The zero-order valence-corrected chi connectivity index (χ0v) is 15.3. The summed E-state index contributed by atoms with van der Waals surface area (Å²) in [6.45, 7) is 5.60. The third-order valence-electron chi connectivity index (χ3n) is 4.60. The fourth-order valence-corrected chi connectivity index (χ4v) is 3.20. The molecule has 3 atom stereocenters. The molecule has 7 heteroatoms. The van der Waals surface area contributed by atoms with Gasteiger partial charge in [0, 0.05) is 30.3 Å². The van der Waals surface area contributed by atoms with Crippen LogP contribution in [0.15, 0.2) is 30.3 Å². The molecule has 0 radical (unpaired) electrons. The second-order valence-electron chi connectivity index (χ2n) is 6.64. The number of piperidine rings is 1. The highest BCUT2D eigenvalue weighted by molar-refractivity contribution is 5.90. The monoisotopic (exact) mass is 360 g/mol. The largest absolute Gasteiger partial charge is 0.449 e. The lowest BCUT2D eigenvalue weighted by molar-refractivity contribution is -0.384. The third-order valence-corrected chi connectivity index (χ3v) is 4.60. The normalized spacial score (nSPS) is 21.4. The molecule has 1 aromatic rings. The highest BCUT2D eigenvalue weighted by atomic mass is 16.6. The van der Waals surface area contributed by atoms with Gasteiger partial charge in [0.05, 0.1) is 4.92 Å². The van der Waals surface area contributed by atoms with E-state index >= 15 is 0 Å². The third kappa shape index (κ3) is 4.91. The van der Waals surface area contributed by atoms with E-state index < -0.39 is 17.0 Å². The molecule has 0 saturated carbocycles. The maximum absolute atomic E-state index is 12.6. The number of carbonyl (C=O) groups is 2. The molecular weight excluding hydrogens is 336 g/mol. The number of hydrogen-bond donors (Lipinski definition) is 0. The number of ether oxygens (including phenoxy) is 1. The molecule has 0 aromatic heterocycles. The summed E-state index contributed by atoms with van der Waals surface area (Å²) in [5.41, 5.74) is 0.610. The first-order chi connectivity index (χ1) is 12.3. The van der Waals surface area contributed by atoms with E-state index in [9.17, 15) is 19.7 Å². The van der Waals surface area contributed by atoms with Gasteiger partial charge in [-0.3, -0.25) is 14.9 Å². The zero-order valence-electron chi connectivity index (χ0n) is 15.3. The van der Waals surface area contributed by atoms with Gasteiger partial charge in [-0.15, -0.1) is 0 Å². The fourth-order valence-electron chi connectivity index (χ4n) is 3.20. The van der Waals surface area contributed by atoms with E-state index in [0.29, 0.717) is 5.56 Å². The number of carbonyl (C=O) groups excluding carboxylic acids is 2. The van der Waals surface area contributed by atoms with Gasteiger partial charge >= 0.3 is 5.97 Å². The first-order valence-electron chi connectivity index (χ1n) is 8.75. The summed E-state index contributed by atoms with van der Waals surface area (Å²) in [6, 6.07) is 6.07.